The van der Waals surface area contributed by atoms with Gasteiger partial charge in [0, 0.05) is 24.2 Å². The Morgan fingerprint density at radius 1 is 1.17 bits per heavy atom. The van der Waals surface area contributed by atoms with Crippen LogP contribution in [0.25, 0.3) is 11.2 Å². The molecule has 10 nitrogen and oxygen atoms in total. The summed E-state index contributed by atoms with van der Waals surface area (Å²) >= 11 is 0. The van der Waals surface area contributed by atoms with Crippen molar-refractivity contribution in [1.29, 1.82) is 0 Å². The number of ketones is 1. The molecule has 0 aliphatic carbocycles. The first kappa shape index (κ1) is 27.1. The molecule has 0 radical (unpaired) electrons. The number of nitrogens with one attached hydrogen (secondary N) is 2. The molecule has 0 atom stereocenters. The molecule has 0 aliphatic rings. The molecule has 0 spiro atoms. The molecule has 0 bridgehead atoms. The van der Waals surface area contributed by atoms with Crippen molar-refractivity contribution < 1.29 is 27.6 Å². The van der Waals surface area contributed by atoms with Gasteiger partial charge in [0.1, 0.15) is 6.29 Å². The lowest BCUT2D eigenvalue weighted by atomic mass is 10.1. The van der Waals surface area contributed by atoms with Gasteiger partial charge in [-0.25, -0.2) is 9.97 Å². The zero-order chi connectivity index (χ0) is 26.3. The SMILES string of the molecule is CC(C)C=O.CNc1nc2ncc(CN(C(=O)C(F)(F)F)c3ccc(C(C)=O)cc3)nc2c(=O)[nH]1. The summed E-state index contributed by atoms with van der Waals surface area (Å²) in [6.45, 7) is 4.41. The Morgan fingerprint density at radius 3 is 2.26 bits per heavy atom. The van der Waals surface area contributed by atoms with E-state index in [9.17, 15) is 32.3 Å². The number of Topliss-reactive ketones (excluding diaryl/α,β-unsaturated/α-hetero) is 1. The number of aromatic nitrogens is 4. The second-order valence-electron chi connectivity index (χ2n) is 7.57. The molecule has 0 saturated heterocycles. The summed E-state index contributed by atoms with van der Waals surface area (Å²) in [6.07, 6.45) is -3.10. The zero-order valence-electron chi connectivity index (χ0n) is 19.3. The Labute approximate surface area is 197 Å². The van der Waals surface area contributed by atoms with Gasteiger partial charge in [0.2, 0.25) is 5.95 Å². The van der Waals surface area contributed by atoms with Crippen molar-refractivity contribution in [3.63, 3.8) is 0 Å². The number of rotatable bonds is 6. The van der Waals surface area contributed by atoms with E-state index in [0.717, 1.165) is 12.5 Å². The van der Waals surface area contributed by atoms with Gasteiger partial charge >= 0.3 is 12.1 Å². The molecule has 0 aliphatic heterocycles. The van der Waals surface area contributed by atoms with E-state index in [4.69, 9.17) is 0 Å². The topological polar surface area (TPSA) is 138 Å². The fourth-order valence-electron chi connectivity index (χ4n) is 2.62. The highest BCUT2D eigenvalue weighted by atomic mass is 19.4. The number of halogens is 3. The minimum absolute atomic E-state index is 0.00800. The van der Waals surface area contributed by atoms with Crippen molar-refractivity contribution in [1.82, 2.24) is 19.9 Å². The van der Waals surface area contributed by atoms with E-state index in [0.29, 0.717) is 4.90 Å². The predicted molar refractivity (Wildman–Crippen MR) is 122 cm³/mol. The van der Waals surface area contributed by atoms with Gasteiger partial charge in [0.25, 0.3) is 5.56 Å². The molecule has 2 N–H and O–H groups in total. The number of carbonyl (C=O) groups excluding carboxylic acids is 3. The average Bonchev–Trinajstić information content (AvgIpc) is 2.82. The van der Waals surface area contributed by atoms with Crippen molar-refractivity contribution >= 4 is 40.8 Å². The number of alkyl halides is 3. The number of hydrogen-bond donors (Lipinski definition) is 2. The average molecular weight is 492 g/mol. The summed E-state index contributed by atoms with van der Waals surface area (Å²) in [7, 11) is 1.53. The van der Waals surface area contributed by atoms with Gasteiger partial charge in [0.05, 0.1) is 18.4 Å². The highest BCUT2D eigenvalue weighted by molar-refractivity contribution is 5.98. The number of amides is 1. The van der Waals surface area contributed by atoms with Crippen LogP contribution in [0.1, 0.15) is 36.8 Å². The predicted octanol–water partition coefficient (Wildman–Crippen LogP) is 2.89. The molecule has 186 valence electrons. The van der Waals surface area contributed by atoms with Gasteiger partial charge < -0.3 is 10.1 Å². The molecule has 2 aromatic heterocycles. The lowest BCUT2D eigenvalue weighted by Crippen LogP contribution is -2.41. The molecular weight excluding hydrogens is 469 g/mol. The molecule has 13 heteroatoms. The highest BCUT2D eigenvalue weighted by Gasteiger charge is 2.43. The largest absolute Gasteiger partial charge is 0.471 e. The molecule has 3 aromatic rings. The van der Waals surface area contributed by atoms with Crippen LogP contribution in [0.3, 0.4) is 0 Å². The summed E-state index contributed by atoms with van der Waals surface area (Å²) in [5, 5.41) is 2.64. The Hall–Kier alpha value is -4.16. The first-order valence-electron chi connectivity index (χ1n) is 10.3. The van der Waals surface area contributed by atoms with Crippen LogP contribution in [0.5, 0.6) is 0 Å². The number of anilines is 2. The van der Waals surface area contributed by atoms with Crippen LogP contribution in [0.2, 0.25) is 0 Å². The van der Waals surface area contributed by atoms with E-state index in [2.05, 4.69) is 25.3 Å². The summed E-state index contributed by atoms with van der Waals surface area (Å²) in [5.41, 5.74) is -0.703. The second-order valence-corrected chi connectivity index (χ2v) is 7.57. The number of carbonyl (C=O) groups is 3. The zero-order valence-corrected chi connectivity index (χ0v) is 19.3. The third-order valence-corrected chi connectivity index (χ3v) is 4.37. The summed E-state index contributed by atoms with van der Waals surface area (Å²) < 4.78 is 39.4. The molecule has 1 aromatic carbocycles. The van der Waals surface area contributed by atoms with Crippen LogP contribution in [-0.2, 0) is 16.1 Å². The van der Waals surface area contributed by atoms with Gasteiger partial charge in [-0.3, -0.25) is 24.3 Å². The van der Waals surface area contributed by atoms with E-state index in [1.807, 2.05) is 13.8 Å². The van der Waals surface area contributed by atoms with Crippen LogP contribution >= 0.6 is 0 Å². The van der Waals surface area contributed by atoms with Crippen LogP contribution < -0.4 is 15.8 Å². The standard InChI is InChI=1S/C18H15F3N6O3.C4H8O/c1-9(28)10-3-5-12(6-4-10)27(16(30)18(19,20)21)8-11-7-23-14-13(24-11)15(29)26-17(22-2)25-14;1-4(2)3-5/h3-7H,8H2,1-2H3,(H2,22,23,25,26,29);3-4H,1-2H3. The minimum Gasteiger partial charge on any atom is -0.359 e. The Kier molecular flexibility index (Phi) is 8.75. The van der Waals surface area contributed by atoms with Crippen molar-refractivity contribution in [2.24, 2.45) is 5.92 Å². The first-order valence-corrected chi connectivity index (χ1v) is 10.3. The molecule has 0 saturated carbocycles. The van der Waals surface area contributed by atoms with E-state index in [1.54, 1.807) is 0 Å². The maximum absolute atomic E-state index is 13.1. The van der Waals surface area contributed by atoms with Crippen LogP contribution in [0.15, 0.2) is 35.3 Å². The molecule has 0 unspecified atom stereocenters. The van der Waals surface area contributed by atoms with Crippen molar-refractivity contribution in [2.75, 3.05) is 17.3 Å². The highest BCUT2D eigenvalue weighted by Crippen LogP contribution is 2.26. The summed E-state index contributed by atoms with van der Waals surface area (Å²) in [4.78, 5) is 59.8. The van der Waals surface area contributed by atoms with Crippen molar-refractivity contribution in [2.45, 2.75) is 33.5 Å². The number of aromatic amines is 1. The van der Waals surface area contributed by atoms with Gasteiger partial charge in [0.15, 0.2) is 16.9 Å². The van der Waals surface area contributed by atoms with Gasteiger partial charge in [-0.05, 0) is 31.2 Å². The minimum atomic E-state index is -5.15. The lowest BCUT2D eigenvalue weighted by molar-refractivity contribution is -0.170. The number of benzene rings is 1. The maximum Gasteiger partial charge on any atom is 0.471 e. The third-order valence-electron chi connectivity index (χ3n) is 4.37. The van der Waals surface area contributed by atoms with Crippen LogP contribution in [0.4, 0.5) is 24.8 Å². The molecular formula is C22H23F3N6O4. The number of nitrogens with zero attached hydrogens (tertiary/aromatic N) is 4. The van der Waals surface area contributed by atoms with E-state index in [-0.39, 0.29) is 45.8 Å². The fourth-order valence-corrected chi connectivity index (χ4v) is 2.62. The van der Waals surface area contributed by atoms with Gasteiger partial charge in [-0.2, -0.15) is 18.2 Å². The lowest BCUT2D eigenvalue weighted by Gasteiger charge is -2.23. The molecule has 3 rings (SSSR count). The number of fused-ring (bicyclic) bond motifs is 1. The van der Waals surface area contributed by atoms with Crippen LogP contribution in [0, 0.1) is 5.92 Å². The number of H-pyrrole nitrogens is 1. The van der Waals surface area contributed by atoms with E-state index in [1.165, 1.54) is 38.2 Å². The number of aldehydes is 1. The summed E-state index contributed by atoms with van der Waals surface area (Å²) in [6, 6.07) is 5.08. The fraction of sp³-hybridized carbons (Fsp3) is 0.318. The number of hydrogen-bond acceptors (Lipinski definition) is 8. The van der Waals surface area contributed by atoms with E-state index >= 15 is 0 Å². The summed E-state index contributed by atoms with van der Waals surface area (Å²) in [5.74, 6) is -2.05. The Balaban J connectivity index is 0.000000784. The molecule has 2 heterocycles. The monoisotopic (exact) mass is 492 g/mol. The third kappa shape index (κ3) is 7.16. The van der Waals surface area contributed by atoms with Crippen molar-refractivity contribution in [3.8, 4) is 0 Å². The quantitative estimate of drug-likeness (QED) is 0.396. The smallest absolute Gasteiger partial charge is 0.359 e. The van der Waals surface area contributed by atoms with Gasteiger partial charge in [-0.15, -0.1) is 0 Å². The van der Waals surface area contributed by atoms with Gasteiger partial charge in [-0.1, -0.05) is 13.8 Å². The Bertz CT molecular complexity index is 1270. The second kappa shape index (κ2) is 11.3. The Morgan fingerprint density at radius 2 is 1.77 bits per heavy atom. The maximum atomic E-state index is 13.1. The normalized spacial score (nSPS) is 11.0. The first-order chi connectivity index (χ1) is 16.4. The van der Waals surface area contributed by atoms with E-state index < -0.39 is 24.2 Å². The molecule has 35 heavy (non-hydrogen) atoms. The van der Waals surface area contributed by atoms with Crippen LogP contribution in [-0.4, -0.2) is 51.1 Å². The molecule has 0 fully saturated rings. The van der Waals surface area contributed by atoms with Crippen molar-refractivity contribution in [3.05, 3.63) is 52.1 Å². The molecule has 1 amide bonds.